The molecule has 0 spiro atoms. The predicted molar refractivity (Wildman–Crippen MR) is 86.8 cm³/mol. The van der Waals surface area contributed by atoms with Gasteiger partial charge in [-0.1, -0.05) is 11.3 Å². The molecule has 4 rings (SSSR count). The summed E-state index contributed by atoms with van der Waals surface area (Å²) in [5, 5.41) is 14.6. The summed E-state index contributed by atoms with van der Waals surface area (Å²) in [5.41, 5.74) is 1.06. The molecule has 3 heterocycles. The zero-order valence-electron chi connectivity index (χ0n) is 13.0. The van der Waals surface area contributed by atoms with Crippen molar-refractivity contribution in [2.45, 2.75) is 31.9 Å². The van der Waals surface area contributed by atoms with Crippen LogP contribution in [0.25, 0.3) is 0 Å². The van der Waals surface area contributed by atoms with E-state index in [-0.39, 0.29) is 5.56 Å². The van der Waals surface area contributed by atoms with Crippen LogP contribution in [0.1, 0.15) is 29.5 Å². The van der Waals surface area contributed by atoms with Crippen molar-refractivity contribution in [1.29, 1.82) is 0 Å². The molecule has 0 amide bonds. The number of aromatic nitrogens is 4. The van der Waals surface area contributed by atoms with Crippen molar-refractivity contribution in [3.63, 3.8) is 0 Å². The number of anilines is 1. The topological polar surface area (TPSA) is 73.1 Å². The Morgan fingerprint density at radius 1 is 1.30 bits per heavy atom. The maximum Gasteiger partial charge on any atom is 0.266 e. The minimum absolute atomic E-state index is 0.00820. The number of nitrogens with zero attached hydrogens (tertiary/aromatic N) is 5. The molecule has 0 bridgehead atoms. The predicted octanol–water partition coefficient (Wildman–Crippen LogP) is 1.25. The van der Waals surface area contributed by atoms with E-state index in [0.717, 1.165) is 28.9 Å². The first-order valence-corrected chi connectivity index (χ1v) is 8.69. The van der Waals surface area contributed by atoms with E-state index in [4.69, 9.17) is 4.74 Å². The van der Waals surface area contributed by atoms with Crippen LogP contribution in [0.15, 0.2) is 16.9 Å². The van der Waals surface area contributed by atoms with Crippen LogP contribution < -0.4 is 10.5 Å². The van der Waals surface area contributed by atoms with Gasteiger partial charge in [-0.3, -0.25) is 4.79 Å². The van der Waals surface area contributed by atoms with E-state index in [2.05, 4.69) is 20.2 Å². The Labute approximate surface area is 137 Å². The molecule has 23 heavy (non-hydrogen) atoms. The molecule has 122 valence electrons. The third-order valence-corrected chi connectivity index (χ3v) is 5.22. The van der Waals surface area contributed by atoms with Gasteiger partial charge in [0.15, 0.2) is 0 Å². The zero-order chi connectivity index (χ0) is 15.8. The van der Waals surface area contributed by atoms with Gasteiger partial charge < -0.3 is 9.64 Å². The van der Waals surface area contributed by atoms with Crippen LogP contribution in [-0.4, -0.2) is 40.2 Å². The Kier molecular flexibility index (Phi) is 3.86. The lowest BCUT2D eigenvalue weighted by Crippen LogP contribution is -2.49. The number of ether oxygens (including phenoxy) is 1. The molecule has 1 saturated carbocycles. The number of methoxy groups -OCH3 is 1. The highest BCUT2D eigenvalue weighted by Gasteiger charge is 2.31. The summed E-state index contributed by atoms with van der Waals surface area (Å²) >= 11 is 1.56. The van der Waals surface area contributed by atoms with E-state index in [0.29, 0.717) is 25.0 Å². The fourth-order valence-corrected chi connectivity index (χ4v) is 3.66. The van der Waals surface area contributed by atoms with Gasteiger partial charge in [-0.25, -0.2) is 4.68 Å². The lowest BCUT2D eigenvalue weighted by atomic mass is 10.0. The normalized spacial score (nSPS) is 18.2. The van der Waals surface area contributed by atoms with Gasteiger partial charge in [-0.05, 0) is 18.9 Å². The smallest absolute Gasteiger partial charge is 0.266 e. The summed E-state index contributed by atoms with van der Waals surface area (Å²) in [5.74, 6) is 1.00. The Morgan fingerprint density at radius 2 is 2.13 bits per heavy atom. The minimum Gasteiger partial charge on any atom is -0.377 e. The largest absolute Gasteiger partial charge is 0.377 e. The maximum atomic E-state index is 12.0. The lowest BCUT2D eigenvalue weighted by molar-refractivity contribution is 0.184. The number of hydrogen-bond acceptors (Lipinski definition) is 7. The van der Waals surface area contributed by atoms with Crippen LogP contribution in [0.5, 0.6) is 0 Å². The molecular weight excluding hydrogens is 314 g/mol. The van der Waals surface area contributed by atoms with E-state index in [1.807, 2.05) is 6.07 Å². The van der Waals surface area contributed by atoms with Crippen molar-refractivity contribution < 1.29 is 4.74 Å². The van der Waals surface area contributed by atoms with Gasteiger partial charge in [0.25, 0.3) is 5.56 Å². The summed E-state index contributed by atoms with van der Waals surface area (Å²) in [7, 11) is 1.65. The van der Waals surface area contributed by atoms with Crippen molar-refractivity contribution in [3.8, 4) is 0 Å². The second kappa shape index (κ2) is 6.01. The first-order valence-electron chi connectivity index (χ1n) is 7.87. The highest BCUT2D eigenvalue weighted by atomic mass is 32.1. The van der Waals surface area contributed by atoms with E-state index in [9.17, 15) is 4.79 Å². The highest BCUT2D eigenvalue weighted by Crippen LogP contribution is 2.38. The summed E-state index contributed by atoms with van der Waals surface area (Å²) in [6.45, 7) is 2.97. The SMILES string of the molecule is COCc1nnc(N2CC(Cn3nc(C4CC4)ccc3=O)C2)s1. The summed E-state index contributed by atoms with van der Waals surface area (Å²) < 4.78 is 6.70. The molecule has 2 aliphatic rings. The standard InChI is InChI=1S/C15H19N5O2S/c1-22-9-13-16-17-15(23-13)19-6-10(7-19)8-20-14(21)5-4-12(18-20)11-2-3-11/h4-5,10-11H,2-3,6-9H2,1H3. The maximum absolute atomic E-state index is 12.0. The third-order valence-electron chi connectivity index (χ3n) is 4.27. The summed E-state index contributed by atoms with van der Waals surface area (Å²) in [4.78, 5) is 14.2. The lowest BCUT2D eigenvalue weighted by Gasteiger charge is -2.38. The van der Waals surface area contributed by atoms with Crippen LogP contribution in [0.3, 0.4) is 0 Å². The van der Waals surface area contributed by atoms with Crippen LogP contribution >= 0.6 is 11.3 Å². The fraction of sp³-hybridized carbons (Fsp3) is 0.600. The van der Waals surface area contributed by atoms with E-state index < -0.39 is 0 Å². The zero-order valence-corrected chi connectivity index (χ0v) is 13.8. The molecule has 0 aromatic carbocycles. The molecule has 2 aromatic heterocycles. The molecule has 1 aliphatic carbocycles. The second-order valence-electron chi connectivity index (χ2n) is 6.24. The first-order chi connectivity index (χ1) is 11.2. The van der Waals surface area contributed by atoms with E-state index >= 15 is 0 Å². The Bertz CT molecular complexity index is 748. The number of hydrogen-bond donors (Lipinski definition) is 0. The van der Waals surface area contributed by atoms with Crippen LogP contribution in [-0.2, 0) is 17.9 Å². The number of rotatable bonds is 6. The Morgan fingerprint density at radius 3 is 2.87 bits per heavy atom. The average molecular weight is 333 g/mol. The van der Waals surface area contributed by atoms with Crippen molar-refractivity contribution in [1.82, 2.24) is 20.0 Å². The molecule has 1 saturated heterocycles. The third kappa shape index (κ3) is 3.13. The van der Waals surface area contributed by atoms with Crippen molar-refractivity contribution in [2.24, 2.45) is 5.92 Å². The molecule has 2 fully saturated rings. The van der Waals surface area contributed by atoms with Gasteiger partial charge >= 0.3 is 0 Å². The highest BCUT2D eigenvalue weighted by molar-refractivity contribution is 7.15. The fourth-order valence-electron chi connectivity index (χ4n) is 2.83. The molecule has 8 heteroatoms. The molecule has 2 aromatic rings. The van der Waals surface area contributed by atoms with Gasteiger partial charge in [0.05, 0.1) is 12.2 Å². The van der Waals surface area contributed by atoms with Gasteiger partial charge in [0, 0.05) is 38.1 Å². The molecule has 0 radical (unpaired) electrons. The summed E-state index contributed by atoms with van der Waals surface area (Å²) in [6.07, 6.45) is 2.40. The van der Waals surface area contributed by atoms with Gasteiger partial charge in [0.2, 0.25) is 5.13 Å². The Balaban J connectivity index is 1.37. The van der Waals surface area contributed by atoms with Gasteiger partial charge in [-0.15, -0.1) is 10.2 Å². The van der Waals surface area contributed by atoms with Gasteiger partial charge in [0.1, 0.15) is 11.6 Å². The summed E-state index contributed by atoms with van der Waals surface area (Å²) in [6, 6.07) is 3.53. The van der Waals surface area contributed by atoms with E-state index in [1.54, 1.807) is 29.2 Å². The molecule has 0 unspecified atom stereocenters. The molecule has 0 atom stereocenters. The van der Waals surface area contributed by atoms with Crippen LogP contribution in [0.4, 0.5) is 5.13 Å². The minimum atomic E-state index is -0.00820. The Hall–Kier alpha value is -1.80. The molecule has 0 N–H and O–H groups in total. The van der Waals surface area contributed by atoms with Crippen LogP contribution in [0, 0.1) is 5.92 Å². The van der Waals surface area contributed by atoms with E-state index in [1.165, 1.54) is 12.8 Å². The van der Waals surface area contributed by atoms with Crippen molar-refractivity contribution in [2.75, 3.05) is 25.1 Å². The molecule has 1 aliphatic heterocycles. The average Bonchev–Trinajstić information content (AvgIpc) is 3.25. The molecule has 7 nitrogen and oxygen atoms in total. The van der Waals surface area contributed by atoms with Crippen molar-refractivity contribution >= 4 is 16.5 Å². The monoisotopic (exact) mass is 333 g/mol. The van der Waals surface area contributed by atoms with Crippen LogP contribution in [0.2, 0.25) is 0 Å². The van der Waals surface area contributed by atoms with Gasteiger partial charge in [-0.2, -0.15) is 5.10 Å². The van der Waals surface area contributed by atoms with Crippen molar-refractivity contribution in [3.05, 3.63) is 33.2 Å². The quantitative estimate of drug-likeness (QED) is 0.792. The first kappa shape index (κ1) is 14.8. The molecular formula is C15H19N5O2S. The second-order valence-corrected chi connectivity index (χ2v) is 7.28.